The van der Waals surface area contributed by atoms with Crippen LogP contribution in [0.25, 0.3) is 10.2 Å². The molecular formula is C19H17N3O4S. The summed E-state index contributed by atoms with van der Waals surface area (Å²) in [5.41, 5.74) is 1.51. The molecule has 1 N–H and O–H groups in total. The minimum Gasteiger partial charge on any atom is -0.482 e. The maximum atomic E-state index is 13.0. The predicted molar refractivity (Wildman–Crippen MR) is 103 cm³/mol. The van der Waals surface area contributed by atoms with Gasteiger partial charge >= 0.3 is 0 Å². The Morgan fingerprint density at radius 2 is 2.11 bits per heavy atom. The van der Waals surface area contributed by atoms with Crippen LogP contribution in [0.4, 0.5) is 5.69 Å². The van der Waals surface area contributed by atoms with Gasteiger partial charge < -0.3 is 10.1 Å². The van der Waals surface area contributed by atoms with Gasteiger partial charge in [0.25, 0.3) is 11.5 Å². The van der Waals surface area contributed by atoms with Crippen molar-refractivity contribution in [2.24, 2.45) is 0 Å². The number of anilines is 1. The summed E-state index contributed by atoms with van der Waals surface area (Å²) in [6.45, 7) is 5.46. The lowest BCUT2D eigenvalue weighted by atomic mass is 10.0. The zero-order chi connectivity index (χ0) is 19.3. The van der Waals surface area contributed by atoms with Crippen molar-refractivity contribution in [2.45, 2.75) is 26.8 Å². The normalized spacial score (nSPS) is 14.4. The van der Waals surface area contributed by atoms with Crippen molar-refractivity contribution in [1.29, 1.82) is 0 Å². The molecule has 0 bridgehead atoms. The van der Waals surface area contributed by atoms with Crippen LogP contribution in [-0.4, -0.2) is 27.8 Å². The van der Waals surface area contributed by atoms with Gasteiger partial charge in [-0.05, 0) is 44.5 Å². The fraction of sp³-hybridized carbons (Fsp3) is 0.263. The van der Waals surface area contributed by atoms with Crippen LogP contribution in [0.3, 0.4) is 0 Å². The minimum atomic E-state index is -0.729. The molecule has 3 heterocycles. The van der Waals surface area contributed by atoms with E-state index in [1.54, 1.807) is 25.1 Å². The Morgan fingerprint density at radius 3 is 2.89 bits per heavy atom. The number of thiophene rings is 1. The predicted octanol–water partition coefficient (Wildman–Crippen LogP) is 2.85. The third kappa shape index (κ3) is 2.82. The quantitative estimate of drug-likeness (QED) is 0.703. The molecular weight excluding hydrogens is 366 g/mol. The topological polar surface area (TPSA) is 90.3 Å². The Hall–Kier alpha value is -3.00. The van der Waals surface area contributed by atoms with Gasteiger partial charge in [0, 0.05) is 10.4 Å². The van der Waals surface area contributed by atoms with Crippen LogP contribution in [0.15, 0.2) is 29.3 Å². The Morgan fingerprint density at radius 1 is 1.33 bits per heavy atom. The van der Waals surface area contributed by atoms with Crippen LogP contribution in [0, 0.1) is 13.8 Å². The zero-order valence-corrected chi connectivity index (χ0v) is 15.8. The highest BCUT2D eigenvalue weighted by Crippen LogP contribution is 2.30. The van der Waals surface area contributed by atoms with Crippen LogP contribution >= 0.6 is 11.3 Å². The first kappa shape index (κ1) is 17.4. The summed E-state index contributed by atoms with van der Waals surface area (Å²) >= 11 is 1.47. The summed E-state index contributed by atoms with van der Waals surface area (Å²) in [4.78, 5) is 43.4. The van der Waals surface area contributed by atoms with Gasteiger partial charge in [0.1, 0.15) is 10.6 Å². The molecule has 1 atom stereocenters. The van der Waals surface area contributed by atoms with E-state index < -0.39 is 6.04 Å². The fourth-order valence-corrected chi connectivity index (χ4v) is 4.12. The number of aryl methyl sites for hydroxylation is 2. The number of amides is 1. The van der Waals surface area contributed by atoms with Gasteiger partial charge in [-0.2, -0.15) is 0 Å². The molecule has 27 heavy (non-hydrogen) atoms. The first-order valence-electron chi connectivity index (χ1n) is 8.44. The second-order valence-electron chi connectivity index (χ2n) is 6.51. The Balaban J connectivity index is 1.73. The molecule has 0 saturated carbocycles. The van der Waals surface area contributed by atoms with Gasteiger partial charge in [0.15, 0.2) is 12.4 Å². The Labute approximate surface area is 158 Å². The molecule has 4 rings (SSSR count). The largest absolute Gasteiger partial charge is 0.482 e. The number of rotatable bonds is 3. The van der Waals surface area contributed by atoms with E-state index in [0.29, 0.717) is 27.2 Å². The standard InChI is InChI=1S/C19H17N3O4S/c1-9-11(3)27-18-16(9)19(25)22(8-20-18)10(2)17(24)12-4-5-14-13(6-12)21-15(23)7-26-14/h4-6,8,10H,7H2,1-3H3,(H,21,23). The minimum absolute atomic E-state index is 0.0445. The third-order valence-electron chi connectivity index (χ3n) is 4.81. The van der Waals surface area contributed by atoms with Crippen LogP contribution < -0.4 is 15.6 Å². The SMILES string of the molecule is Cc1sc2ncn(C(C)C(=O)c3ccc4c(c3)NC(=O)CO4)c(=O)c2c1C. The van der Waals surface area contributed by atoms with Crippen molar-refractivity contribution >= 4 is 38.9 Å². The van der Waals surface area contributed by atoms with E-state index in [1.165, 1.54) is 22.2 Å². The number of ether oxygens (including phenoxy) is 1. The summed E-state index contributed by atoms with van der Waals surface area (Å²) in [5.74, 6) is 0.00299. The van der Waals surface area contributed by atoms with Crippen molar-refractivity contribution in [3.05, 3.63) is 50.9 Å². The summed E-state index contributed by atoms with van der Waals surface area (Å²) in [6, 6.07) is 4.12. The molecule has 3 aromatic rings. The Kier molecular flexibility index (Phi) is 4.07. The van der Waals surface area contributed by atoms with E-state index in [1.807, 2.05) is 13.8 Å². The zero-order valence-electron chi connectivity index (χ0n) is 15.0. The summed E-state index contributed by atoms with van der Waals surface area (Å²) in [5, 5.41) is 3.24. The number of aromatic nitrogens is 2. The van der Waals surface area contributed by atoms with E-state index >= 15 is 0 Å². The number of nitrogens with zero attached hydrogens (tertiary/aromatic N) is 2. The highest BCUT2D eigenvalue weighted by molar-refractivity contribution is 7.18. The summed E-state index contributed by atoms with van der Waals surface area (Å²) < 4.78 is 6.67. The third-order valence-corrected chi connectivity index (χ3v) is 5.92. The number of nitrogens with one attached hydrogen (secondary N) is 1. The second kappa shape index (κ2) is 6.31. The van der Waals surface area contributed by atoms with E-state index in [2.05, 4.69) is 10.3 Å². The number of carbonyl (C=O) groups is 2. The van der Waals surface area contributed by atoms with Crippen LogP contribution in [0.1, 0.15) is 33.8 Å². The summed E-state index contributed by atoms with van der Waals surface area (Å²) in [7, 11) is 0. The van der Waals surface area contributed by atoms with Gasteiger partial charge in [0.05, 0.1) is 23.4 Å². The smallest absolute Gasteiger partial charge is 0.263 e. The number of Topliss-reactive ketones (excluding diaryl/α,β-unsaturated/α-hetero) is 1. The molecule has 8 heteroatoms. The fourth-order valence-electron chi connectivity index (χ4n) is 3.13. The number of benzene rings is 1. The van der Waals surface area contributed by atoms with Gasteiger partial charge in [-0.25, -0.2) is 4.98 Å². The molecule has 1 amide bonds. The van der Waals surface area contributed by atoms with E-state index in [9.17, 15) is 14.4 Å². The van der Waals surface area contributed by atoms with Crippen LogP contribution in [0.2, 0.25) is 0 Å². The second-order valence-corrected chi connectivity index (χ2v) is 7.71. The van der Waals surface area contributed by atoms with Gasteiger partial charge in [0.2, 0.25) is 0 Å². The van der Waals surface area contributed by atoms with Crippen LogP contribution in [-0.2, 0) is 4.79 Å². The molecule has 138 valence electrons. The molecule has 2 aromatic heterocycles. The van der Waals surface area contributed by atoms with Crippen molar-refractivity contribution in [3.63, 3.8) is 0 Å². The maximum absolute atomic E-state index is 13.0. The number of hydrogen-bond donors (Lipinski definition) is 1. The molecule has 0 radical (unpaired) electrons. The highest BCUT2D eigenvalue weighted by atomic mass is 32.1. The maximum Gasteiger partial charge on any atom is 0.263 e. The van der Waals surface area contributed by atoms with Gasteiger partial charge in [-0.1, -0.05) is 0 Å². The molecule has 7 nitrogen and oxygen atoms in total. The van der Waals surface area contributed by atoms with E-state index in [0.717, 1.165) is 10.4 Å². The number of fused-ring (bicyclic) bond motifs is 2. The average molecular weight is 383 g/mol. The molecule has 1 unspecified atom stereocenters. The lowest BCUT2D eigenvalue weighted by molar-refractivity contribution is -0.118. The summed E-state index contributed by atoms with van der Waals surface area (Å²) in [6.07, 6.45) is 1.42. The number of ketones is 1. The average Bonchev–Trinajstić information content (AvgIpc) is 2.95. The first-order chi connectivity index (χ1) is 12.9. The lowest BCUT2D eigenvalue weighted by Gasteiger charge is -2.19. The molecule has 1 aliphatic rings. The monoisotopic (exact) mass is 383 g/mol. The van der Waals surface area contributed by atoms with Gasteiger partial charge in [-0.3, -0.25) is 19.0 Å². The van der Waals surface area contributed by atoms with Crippen molar-refractivity contribution in [1.82, 2.24) is 9.55 Å². The molecule has 1 aliphatic heterocycles. The molecule has 0 aliphatic carbocycles. The van der Waals surface area contributed by atoms with Crippen LogP contribution in [0.5, 0.6) is 5.75 Å². The van der Waals surface area contributed by atoms with Crippen molar-refractivity contribution in [2.75, 3.05) is 11.9 Å². The first-order valence-corrected chi connectivity index (χ1v) is 9.26. The van der Waals surface area contributed by atoms with E-state index in [4.69, 9.17) is 4.74 Å². The molecule has 0 fully saturated rings. The van der Waals surface area contributed by atoms with E-state index in [-0.39, 0.29) is 23.9 Å². The van der Waals surface area contributed by atoms with Gasteiger partial charge in [-0.15, -0.1) is 11.3 Å². The van der Waals surface area contributed by atoms with Crippen molar-refractivity contribution < 1.29 is 14.3 Å². The number of hydrogen-bond acceptors (Lipinski definition) is 6. The molecule has 0 saturated heterocycles. The molecule has 1 aromatic carbocycles. The molecule has 0 spiro atoms. The highest BCUT2D eigenvalue weighted by Gasteiger charge is 2.23. The Bertz CT molecular complexity index is 1160. The number of carbonyl (C=O) groups excluding carboxylic acids is 2. The lowest BCUT2D eigenvalue weighted by Crippen LogP contribution is -2.29. The van der Waals surface area contributed by atoms with Crippen molar-refractivity contribution in [3.8, 4) is 5.75 Å².